The van der Waals surface area contributed by atoms with Crippen molar-refractivity contribution in [3.8, 4) is 11.4 Å². The van der Waals surface area contributed by atoms with Crippen LogP contribution in [-0.2, 0) is 18.3 Å². The summed E-state index contributed by atoms with van der Waals surface area (Å²) in [5.41, 5.74) is 3.35. The van der Waals surface area contributed by atoms with Crippen LogP contribution in [0, 0.1) is 0 Å². The van der Waals surface area contributed by atoms with E-state index in [1.54, 1.807) is 16.8 Å². The number of anilines is 1. The Morgan fingerprint density at radius 1 is 1.04 bits per heavy atom. The Morgan fingerprint density at radius 3 is 2.33 bits per heavy atom. The van der Waals surface area contributed by atoms with Crippen molar-refractivity contribution >= 4 is 17.5 Å². The van der Waals surface area contributed by atoms with E-state index in [0.717, 1.165) is 22.6 Å². The van der Waals surface area contributed by atoms with Crippen LogP contribution in [0.5, 0.6) is 0 Å². The van der Waals surface area contributed by atoms with E-state index in [-0.39, 0.29) is 11.8 Å². The summed E-state index contributed by atoms with van der Waals surface area (Å²) in [6.45, 7) is 2.01. The van der Waals surface area contributed by atoms with E-state index in [2.05, 4.69) is 20.7 Å². The Balaban J connectivity index is 1.52. The van der Waals surface area contributed by atoms with Gasteiger partial charge >= 0.3 is 0 Å². The fourth-order valence-electron chi connectivity index (χ4n) is 2.71. The maximum Gasteiger partial charge on any atom is 0.251 e. The molecule has 2 amide bonds. The zero-order valence-electron chi connectivity index (χ0n) is 15.3. The molecule has 2 N–H and O–H groups in total. The first-order chi connectivity index (χ1) is 13.0. The largest absolute Gasteiger partial charge is 0.352 e. The lowest BCUT2D eigenvalue weighted by atomic mass is 10.1. The Labute approximate surface area is 157 Å². The van der Waals surface area contributed by atoms with Gasteiger partial charge in [0.1, 0.15) is 6.33 Å². The molecule has 27 heavy (non-hydrogen) atoms. The van der Waals surface area contributed by atoms with Gasteiger partial charge in [-0.15, -0.1) is 0 Å². The zero-order valence-corrected chi connectivity index (χ0v) is 15.3. The molecule has 2 aromatic carbocycles. The molecule has 0 bridgehead atoms. The molecule has 138 valence electrons. The molecule has 0 atom stereocenters. The number of rotatable bonds is 6. The first kappa shape index (κ1) is 18.3. The number of hydrogen-bond donors (Lipinski definition) is 2. The average Bonchev–Trinajstić information content (AvgIpc) is 3.09. The molecule has 0 aliphatic carbocycles. The number of nitrogens with one attached hydrogen (secondary N) is 2. The summed E-state index contributed by atoms with van der Waals surface area (Å²) in [4.78, 5) is 27.5. The summed E-state index contributed by atoms with van der Waals surface area (Å²) >= 11 is 0. The highest BCUT2D eigenvalue weighted by Crippen LogP contribution is 2.16. The molecule has 3 rings (SSSR count). The number of carbonyl (C=O) groups is 2. The number of carbonyl (C=O) groups excluding carboxylic acids is 2. The van der Waals surface area contributed by atoms with Gasteiger partial charge in [0.25, 0.3) is 5.91 Å². The fourth-order valence-corrected chi connectivity index (χ4v) is 2.71. The average molecular weight is 363 g/mol. The van der Waals surface area contributed by atoms with Gasteiger partial charge in [-0.05, 0) is 36.2 Å². The van der Waals surface area contributed by atoms with Gasteiger partial charge in [-0.2, -0.15) is 5.10 Å². The second-order valence-electron chi connectivity index (χ2n) is 6.17. The van der Waals surface area contributed by atoms with Crippen LogP contribution in [0.1, 0.15) is 22.8 Å². The number of nitrogens with zero attached hydrogens (tertiary/aromatic N) is 3. The van der Waals surface area contributed by atoms with Crippen molar-refractivity contribution in [2.75, 3.05) is 11.9 Å². The highest BCUT2D eigenvalue weighted by molar-refractivity contribution is 5.94. The molecule has 0 radical (unpaired) electrons. The van der Waals surface area contributed by atoms with Crippen LogP contribution in [0.2, 0.25) is 0 Å². The summed E-state index contributed by atoms with van der Waals surface area (Å²) in [6.07, 6.45) is 2.21. The predicted octanol–water partition coefficient (Wildman–Crippen LogP) is 2.41. The molecule has 3 aromatic rings. The minimum Gasteiger partial charge on any atom is -0.352 e. The zero-order chi connectivity index (χ0) is 19.2. The molecule has 0 aliphatic rings. The molecule has 0 saturated carbocycles. The molecular weight excluding hydrogens is 342 g/mol. The molecule has 0 fully saturated rings. The van der Waals surface area contributed by atoms with Gasteiger partial charge in [-0.25, -0.2) is 9.67 Å². The van der Waals surface area contributed by atoms with Gasteiger partial charge in [0, 0.05) is 37.3 Å². The molecule has 0 unspecified atom stereocenters. The Morgan fingerprint density at radius 2 is 1.74 bits per heavy atom. The van der Waals surface area contributed by atoms with E-state index in [9.17, 15) is 9.59 Å². The van der Waals surface area contributed by atoms with E-state index in [1.807, 2.05) is 43.4 Å². The molecule has 0 aliphatic heterocycles. The van der Waals surface area contributed by atoms with Gasteiger partial charge in [0.2, 0.25) is 5.91 Å². The standard InChI is InChI=1S/C20H21N5O2/c1-14(26)24-18-9-3-15(4-10-18)11-12-21-20(27)17-7-5-16(6-8-17)19-22-13-23-25(19)2/h3-10,13H,11-12H2,1-2H3,(H,21,27)(H,24,26). The SMILES string of the molecule is CC(=O)Nc1ccc(CCNC(=O)c2ccc(-c3ncnn3C)cc2)cc1. The van der Waals surface area contributed by atoms with Crippen LogP contribution in [0.25, 0.3) is 11.4 Å². The third-order valence-electron chi connectivity index (χ3n) is 4.09. The van der Waals surface area contributed by atoms with Crippen LogP contribution in [0.4, 0.5) is 5.69 Å². The van der Waals surface area contributed by atoms with Gasteiger partial charge in [-0.1, -0.05) is 24.3 Å². The van der Waals surface area contributed by atoms with Crippen LogP contribution in [-0.4, -0.2) is 33.1 Å². The first-order valence-electron chi connectivity index (χ1n) is 8.62. The van der Waals surface area contributed by atoms with E-state index in [1.165, 1.54) is 13.3 Å². The predicted molar refractivity (Wildman–Crippen MR) is 103 cm³/mol. The summed E-state index contributed by atoms with van der Waals surface area (Å²) in [6, 6.07) is 14.9. The molecule has 7 heteroatoms. The van der Waals surface area contributed by atoms with Crippen LogP contribution in [0.15, 0.2) is 54.9 Å². The lowest BCUT2D eigenvalue weighted by Crippen LogP contribution is -2.25. The molecule has 1 heterocycles. The van der Waals surface area contributed by atoms with Crippen molar-refractivity contribution in [1.82, 2.24) is 20.1 Å². The lowest BCUT2D eigenvalue weighted by Gasteiger charge is -2.07. The lowest BCUT2D eigenvalue weighted by molar-refractivity contribution is -0.114. The minimum atomic E-state index is -0.116. The number of benzene rings is 2. The second-order valence-corrected chi connectivity index (χ2v) is 6.17. The van der Waals surface area contributed by atoms with E-state index < -0.39 is 0 Å². The third-order valence-corrected chi connectivity index (χ3v) is 4.09. The molecule has 1 aromatic heterocycles. The second kappa shape index (κ2) is 8.27. The van der Waals surface area contributed by atoms with Crippen LogP contribution >= 0.6 is 0 Å². The number of amides is 2. The molecule has 0 spiro atoms. The number of aromatic nitrogens is 3. The van der Waals surface area contributed by atoms with Gasteiger partial charge in [-0.3, -0.25) is 9.59 Å². The first-order valence-corrected chi connectivity index (χ1v) is 8.62. The Hall–Kier alpha value is -3.48. The van der Waals surface area contributed by atoms with Crippen molar-refractivity contribution in [3.05, 3.63) is 66.0 Å². The van der Waals surface area contributed by atoms with Gasteiger partial charge in [0.05, 0.1) is 0 Å². The van der Waals surface area contributed by atoms with Gasteiger partial charge < -0.3 is 10.6 Å². The van der Waals surface area contributed by atoms with Crippen molar-refractivity contribution in [2.24, 2.45) is 7.05 Å². The fraction of sp³-hybridized carbons (Fsp3) is 0.200. The minimum absolute atomic E-state index is 0.0970. The summed E-state index contributed by atoms with van der Waals surface area (Å²) in [5.74, 6) is 0.541. The maximum absolute atomic E-state index is 12.3. The maximum atomic E-state index is 12.3. The normalized spacial score (nSPS) is 10.4. The quantitative estimate of drug-likeness (QED) is 0.704. The highest BCUT2D eigenvalue weighted by atomic mass is 16.2. The highest BCUT2D eigenvalue weighted by Gasteiger charge is 2.08. The van der Waals surface area contributed by atoms with E-state index >= 15 is 0 Å². The van der Waals surface area contributed by atoms with Crippen molar-refractivity contribution < 1.29 is 9.59 Å². The number of aryl methyl sites for hydroxylation is 1. The molecular formula is C20H21N5O2. The Kier molecular flexibility index (Phi) is 5.61. The van der Waals surface area contributed by atoms with Crippen molar-refractivity contribution in [3.63, 3.8) is 0 Å². The monoisotopic (exact) mass is 363 g/mol. The molecule has 0 saturated heterocycles. The third kappa shape index (κ3) is 4.78. The van der Waals surface area contributed by atoms with Crippen LogP contribution < -0.4 is 10.6 Å². The Bertz CT molecular complexity index is 930. The molecule has 7 nitrogen and oxygen atoms in total. The smallest absolute Gasteiger partial charge is 0.251 e. The van der Waals surface area contributed by atoms with E-state index in [4.69, 9.17) is 0 Å². The van der Waals surface area contributed by atoms with E-state index in [0.29, 0.717) is 18.5 Å². The van der Waals surface area contributed by atoms with Crippen molar-refractivity contribution in [1.29, 1.82) is 0 Å². The topological polar surface area (TPSA) is 88.9 Å². The van der Waals surface area contributed by atoms with Gasteiger partial charge in [0.15, 0.2) is 5.82 Å². The summed E-state index contributed by atoms with van der Waals surface area (Å²) in [7, 11) is 1.83. The van der Waals surface area contributed by atoms with Crippen molar-refractivity contribution in [2.45, 2.75) is 13.3 Å². The summed E-state index contributed by atoms with van der Waals surface area (Å²) in [5, 5.41) is 9.69. The summed E-state index contributed by atoms with van der Waals surface area (Å²) < 4.78 is 1.69. The number of hydrogen-bond acceptors (Lipinski definition) is 4. The van der Waals surface area contributed by atoms with Crippen LogP contribution in [0.3, 0.4) is 0 Å².